The Morgan fingerprint density at radius 1 is 1.32 bits per heavy atom. The summed E-state index contributed by atoms with van der Waals surface area (Å²) in [5, 5.41) is 0. The van der Waals surface area contributed by atoms with Crippen molar-refractivity contribution in [2.75, 3.05) is 0 Å². The minimum absolute atomic E-state index is 0.195. The van der Waals surface area contributed by atoms with Crippen LogP contribution < -0.4 is 0 Å². The molecule has 1 atom stereocenters. The van der Waals surface area contributed by atoms with E-state index < -0.39 is 16.2 Å². The Balaban J connectivity index is 2.82. The topological polar surface area (TPSA) is 43.4 Å². The molecule has 4 heteroatoms. The van der Waals surface area contributed by atoms with Crippen molar-refractivity contribution in [1.82, 2.24) is 0 Å². The first kappa shape index (κ1) is 18.7. The molecule has 0 aliphatic rings. The van der Waals surface area contributed by atoms with Gasteiger partial charge in [-0.05, 0) is 57.2 Å². The van der Waals surface area contributed by atoms with Crippen LogP contribution in [0.1, 0.15) is 45.1 Å². The van der Waals surface area contributed by atoms with Gasteiger partial charge in [0.05, 0.1) is 11.0 Å². The van der Waals surface area contributed by atoms with Crippen LogP contribution in [-0.2, 0) is 14.3 Å². The first-order chi connectivity index (χ1) is 10.4. The Morgan fingerprint density at radius 3 is 2.50 bits per heavy atom. The van der Waals surface area contributed by atoms with Gasteiger partial charge in [0.15, 0.2) is 0 Å². The summed E-state index contributed by atoms with van der Waals surface area (Å²) in [6.45, 7) is 9.81. The molecule has 0 aliphatic heterocycles. The van der Waals surface area contributed by atoms with Crippen LogP contribution in [0.2, 0.25) is 0 Å². The second-order valence-corrected chi connectivity index (χ2v) is 6.94. The quantitative estimate of drug-likeness (QED) is 0.373. The largest absolute Gasteiger partial charge is 0.297 e. The van der Waals surface area contributed by atoms with Crippen LogP contribution in [-0.4, -0.2) is 14.5 Å². The highest BCUT2D eigenvalue weighted by Gasteiger charge is 2.22. The third kappa shape index (κ3) is 5.78. The van der Waals surface area contributed by atoms with E-state index in [1.165, 1.54) is 0 Å². The molecule has 0 radical (unpaired) electrons. The minimum Gasteiger partial charge on any atom is -0.259 e. The van der Waals surface area contributed by atoms with E-state index in [0.717, 1.165) is 24.0 Å². The fraction of sp³-hybridized carbons (Fsp3) is 0.444. The first-order valence-corrected chi connectivity index (χ1v) is 9.10. The summed E-state index contributed by atoms with van der Waals surface area (Å²) in [5.41, 5.74) is 1.83. The van der Waals surface area contributed by atoms with Crippen LogP contribution in [0.4, 0.5) is 0 Å². The Labute approximate surface area is 134 Å². The van der Waals surface area contributed by atoms with Crippen molar-refractivity contribution in [3.8, 4) is 0 Å². The van der Waals surface area contributed by atoms with Gasteiger partial charge in [-0.3, -0.25) is 4.18 Å². The summed E-state index contributed by atoms with van der Waals surface area (Å²) in [5.74, 6) is 0. The van der Waals surface area contributed by atoms with Crippen molar-refractivity contribution >= 4 is 10.1 Å². The zero-order chi connectivity index (χ0) is 16.6. The molecular weight excluding hydrogens is 296 g/mol. The van der Waals surface area contributed by atoms with E-state index >= 15 is 0 Å². The molecule has 0 N–H and O–H groups in total. The number of unbranched alkanes of at least 4 members (excludes halogenated alkanes) is 1. The van der Waals surface area contributed by atoms with E-state index in [1.54, 1.807) is 24.3 Å². The molecule has 0 aliphatic carbocycles. The average molecular weight is 322 g/mol. The second kappa shape index (κ2) is 8.91. The summed E-state index contributed by atoms with van der Waals surface area (Å²) in [4.78, 5) is 0.195. The Hall–Kier alpha value is -1.39. The number of benzene rings is 1. The Bertz CT molecular complexity index is 598. The summed E-state index contributed by atoms with van der Waals surface area (Å²) >= 11 is 0. The van der Waals surface area contributed by atoms with Gasteiger partial charge in [0, 0.05) is 0 Å². The van der Waals surface area contributed by atoms with Gasteiger partial charge in [0.25, 0.3) is 10.1 Å². The number of allylic oxidation sites excluding steroid dienone is 2. The maximum Gasteiger partial charge on any atom is 0.297 e. The van der Waals surface area contributed by atoms with Crippen LogP contribution in [0.5, 0.6) is 0 Å². The normalized spacial score (nSPS) is 13.4. The van der Waals surface area contributed by atoms with Gasteiger partial charge in [-0.2, -0.15) is 8.42 Å². The lowest BCUT2D eigenvalue weighted by Crippen LogP contribution is -2.20. The molecule has 0 saturated carbocycles. The number of aryl methyl sites for hydroxylation is 1. The summed E-state index contributed by atoms with van der Waals surface area (Å²) < 4.78 is 30.2. The third-order valence-corrected chi connectivity index (χ3v) is 4.87. The monoisotopic (exact) mass is 322 g/mol. The molecule has 0 unspecified atom stereocenters. The SMILES string of the molecule is C=C(CC)[C@@H](CCC/C=C/C)OS(=O)(=O)c1ccc(C)cc1. The molecule has 22 heavy (non-hydrogen) atoms. The predicted octanol–water partition coefficient (Wildman–Crippen LogP) is 4.78. The van der Waals surface area contributed by atoms with Crippen molar-refractivity contribution in [2.24, 2.45) is 0 Å². The van der Waals surface area contributed by atoms with Crippen LogP contribution >= 0.6 is 0 Å². The molecule has 0 heterocycles. The smallest absolute Gasteiger partial charge is 0.259 e. The standard InChI is InChI=1S/C18H26O3S/c1-5-7-8-9-10-18(16(4)6-2)21-22(19,20)17-13-11-15(3)12-14-17/h5,7,11-14,18H,4,6,8-10H2,1-3H3/b7-5+/t18-/m1/s1. The van der Waals surface area contributed by atoms with Crippen molar-refractivity contribution in [1.29, 1.82) is 0 Å². The molecule has 122 valence electrons. The maximum atomic E-state index is 12.4. The van der Waals surface area contributed by atoms with Gasteiger partial charge < -0.3 is 0 Å². The van der Waals surface area contributed by atoms with Crippen LogP contribution in [0, 0.1) is 6.92 Å². The van der Waals surface area contributed by atoms with Gasteiger partial charge in [0.1, 0.15) is 0 Å². The highest BCUT2D eigenvalue weighted by Crippen LogP contribution is 2.22. The summed E-state index contributed by atoms with van der Waals surface area (Å²) in [7, 11) is -3.75. The second-order valence-electron chi connectivity index (χ2n) is 5.36. The highest BCUT2D eigenvalue weighted by atomic mass is 32.2. The summed E-state index contributed by atoms with van der Waals surface area (Å²) in [6.07, 6.45) is 6.75. The van der Waals surface area contributed by atoms with Gasteiger partial charge in [-0.25, -0.2) is 0 Å². The van der Waals surface area contributed by atoms with E-state index in [1.807, 2.05) is 26.8 Å². The average Bonchev–Trinajstić information content (AvgIpc) is 2.50. The zero-order valence-corrected chi connectivity index (χ0v) is 14.5. The molecule has 0 bridgehead atoms. The number of rotatable bonds is 9. The molecule has 0 spiro atoms. The molecule has 1 rings (SSSR count). The zero-order valence-electron chi connectivity index (χ0n) is 13.7. The predicted molar refractivity (Wildman–Crippen MR) is 91.3 cm³/mol. The summed E-state index contributed by atoms with van der Waals surface area (Å²) in [6, 6.07) is 6.70. The van der Waals surface area contributed by atoms with Gasteiger partial charge in [-0.1, -0.05) is 43.4 Å². The fourth-order valence-corrected chi connectivity index (χ4v) is 3.17. The lowest BCUT2D eigenvalue weighted by molar-refractivity contribution is 0.227. The molecule has 0 saturated heterocycles. The van der Waals surface area contributed by atoms with Crippen LogP contribution in [0.25, 0.3) is 0 Å². The minimum atomic E-state index is -3.75. The van der Waals surface area contributed by atoms with E-state index in [2.05, 4.69) is 12.7 Å². The van der Waals surface area contributed by atoms with Gasteiger partial charge in [0.2, 0.25) is 0 Å². The van der Waals surface area contributed by atoms with E-state index in [4.69, 9.17) is 4.18 Å². The third-order valence-electron chi connectivity index (χ3n) is 3.53. The van der Waals surface area contributed by atoms with Crippen molar-refractivity contribution in [3.63, 3.8) is 0 Å². The van der Waals surface area contributed by atoms with Crippen molar-refractivity contribution < 1.29 is 12.6 Å². The lowest BCUT2D eigenvalue weighted by atomic mass is 10.0. The van der Waals surface area contributed by atoms with Gasteiger partial charge in [-0.15, -0.1) is 0 Å². The van der Waals surface area contributed by atoms with Crippen molar-refractivity contribution in [2.45, 2.75) is 57.5 Å². The molecule has 3 nitrogen and oxygen atoms in total. The van der Waals surface area contributed by atoms with E-state index in [9.17, 15) is 8.42 Å². The Kier molecular flexibility index (Phi) is 7.56. The molecule has 1 aromatic carbocycles. The number of hydrogen-bond donors (Lipinski definition) is 0. The van der Waals surface area contributed by atoms with Crippen molar-refractivity contribution in [3.05, 3.63) is 54.1 Å². The molecule has 1 aromatic rings. The molecule has 0 fully saturated rings. The fourth-order valence-electron chi connectivity index (χ4n) is 2.05. The van der Waals surface area contributed by atoms with Crippen LogP contribution in [0.3, 0.4) is 0 Å². The Morgan fingerprint density at radius 2 is 1.95 bits per heavy atom. The van der Waals surface area contributed by atoms with Gasteiger partial charge >= 0.3 is 0 Å². The lowest BCUT2D eigenvalue weighted by Gasteiger charge is -2.19. The highest BCUT2D eigenvalue weighted by molar-refractivity contribution is 7.86. The molecule has 0 aromatic heterocycles. The van der Waals surface area contributed by atoms with E-state index in [-0.39, 0.29) is 4.90 Å². The van der Waals surface area contributed by atoms with E-state index in [0.29, 0.717) is 12.8 Å². The molecule has 0 amide bonds. The first-order valence-electron chi connectivity index (χ1n) is 7.69. The number of hydrogen-bond acceptors (Lipinski definition) is 3. The van der Waals surface area contributed by atoms with Crippen LogP contribution in [0.15, 0.2) is 53.5 Å². The molecular formula is C18H26O3S. The maximum absolute atomic E-state index is 12.4.